The van der Waals surface area contributed by atoms with Gasteiger partial charge in [-0.2, -0.15) is 5.26 Å². The number of nitro groups is 1. The zero-order chi connectivity index (χ0) is 15.8. The van der Waals surface area contributed by atoms with Gasteiger partial charge >= 0.3 is 6.03 Å². The average Bonchev–Trinajstić information content (AvgIpc) is 2.45. The Morgan fingerprint density at radius 3 is 2.48 bits per heavy atom. The van der Waals surface area contributed by atoms with E-state index in [1.807, 2.05) is 0 Å². The number of urea groups is 1. The van der Waals surface area contributed by atoms with Gasteiger partial charge in [0.15, 0.2) is 0 Å². The molecular weight excluding hydrogens is 276 g/mol. The predicted octanol–water partition coefficient (Wildman–Crippen LogP) is 2.28. The third-order valence-electron chi connectivity index (χ3n) is 2.55. The minimum atomic E-state index is -0.661. The highest BCUT2D eigenvalue weighted by atomic mass is 16.6. The predicted molar refractivity (Wildman–Crippen MR) is 74.3 cm³/mol. The molecule has 21 heavy (non-hydrogen) atoms. The maximum Gasteiger partial charge on any atom is 0.328 e. The van der Waals surface area contributed by atoms with Gasteiger partial charge in [0.05, 0.1) is 11.0 Å². The molecule has 0 bridgehead atoms. The van der Waals surface area contributed by atoms with Crippen molar-refractivity contribution >= 4 is 23.3 Å². The van der Waals surface area contributed by atoms with E-state index in [2.05, 4.69) is 5.32 Å². The standard InChI is InChI=1S/C13H14N4O4/c1-2-9-16(12(18)7-8-14)13(19)15-10-3-5-11(6-4-10)17(20)21/h3-6H,2,7,9H2,1H3,(H,15,19). The zero-order valence-corrected chi connectivity index (χ0v) is 11.4. The molecule has 0 saturated heterocycles. The van der Waals surface area contributed by atoms with Gasteiger partial charge in [-0.05, 0) is 18.6 Å². The number of hydrogen-bond donors (Lipinski definition) is 1. The van der Waals surface area contributed by atoms with E-state index in [9.17, 15) is 19.7 Å². The normalized spacial score (nSPS) is 9.52. The van der Waals surface area contributed by atoms with Gasteiger partial charge in [0, 0.05) is 24.4 Å². The molecule has 0 unspecified atom stereocenters. The Hall–Kier alpha value is -2.95. The minimum absolute atomic E-state index is 0.0982. The van der Waals surface area contributed by atoms with Crippen LogP contribution in [0.1, 0.15) is 19.8 Å². The number of anilines is 1. The fourth-order valence-electron chi connectivity index (χ4n) is 1.58. The third-order valence-corrected chi connectivity index (χ3v) is 2.55. The van der Waals surface area contributed by atoms with Gasteiger partial charge < -0.3 is 5.32 Å². The average molecular weight is 290 g/mol. The molecule has 0 aliphatic heterocycles. The fraction of sp³-hybridized carbons (Fsp3) is 0.308. The third kappa shape index (κ3) is 4.58. The summed E-state index contributed by atoms with van der Waals surface area (Å²) in [6.07, 6.45) is 0.179. The maximum absolute atomic E-state index is 12.0. The number of nitrogens with one attached hydrogen (secondary N) is 1. The zero-order valence-electron chi connectivity index (χ0n) is 11.4. The van der Waals surface area contributed by atoms with Crippen LogP contribution in [0.25, 0.3) is 0 Å². The van der Waals surface area contributed by atoms with E-state index in [0.717, 1.165) is 4.90 Å². The van der Waals surface area contributed by atoms with E-state index in [1.54, 1.807) is 13.0 Å². The number of nitrogens with zero attached hydrogens (tertiary/aromatic N) is 3. The van der Waals surface area contributed by atoms with Gasteiger partial charge in [0.2, 0.25) is 5.91 Å². The molecule has 1 aromatic rings. The molecule has 0 aliphatic rings. The Balaban J connectivity index is 2.79. The summed E-state index contributed by atoms with van der Waals surface area (Å²) < 4.78 is 0. The number of hydrogen-bond acceptors (Lipinski definition) is 5. The van der Waals surface area contributed by atoms with Crippen molar-refractivity contribution in [3.63, 3.8) is 0 Å². The summed E-state index contributed by atoms with van der Waals surface area (Å²) in [5, 5.41) is 21.5. The molecule has 0 spiro atoms. The number of amides is 3. The van der Waals surface area contributed by atoms with Gasteiger partial charge in [-0.15, -0.1) is 0 Å². The number of rotatable bonds is 5. The second-order valence-electron chi connectivity index (χ2n) is 4.11. The molecule has 0 atom stereocenters. The number of nitro benzene ring substituents is 1. The van der Waals surface area contributed by atoms with E-state index in [0.29, 0.717) is 12.1 Å². The van der Waals surface area contributed by atoms with Crippen LogP contribution in [0.15, 0.2) is 24.3 Å². The molecule has 0 aromatic heterocycles. The molecule has 8 heteroatoms. The molecule has 3 amide bonds. The van der Waals surface area contributed by atoms with Crippen LogP contribution in [-0.4, -0.2) is 28.3 Å². The van der Waals surface area contributed by atoms with Crippen LogP contribution in [0.2, 0.25) is 0 Å². The van der Waals surface area contributed by atoms with Crippen LogP contribution >= 0.6 is 0 Å². The Morgan fingerprint density at radius 1 is 1.38 bits per heavy atom. The van der Waals surface area contributed by atoms with Crippen molar-refractivity contribution in [2.45, 2.75) is 19.8 Å². The lowest BCUT2D eigenvalue weighted by atomic mass is 10.3. The molecule has 110 valence electrons. The number of benzene rings is 1. The van der Waals surface area contributed by atoms with Crippen LogP contribution in [0.5, 0.6) is 0 Å². The number of nitriles is 1. The maximum atomic E-state index is 12.0. The first-order chi connectivity index (χ1) is 9.99. The van der Waals surface area contributed by atoms with Crippen molar-refractivity contribution in [3.05, 3.63) is 34.4 Å². The van der Waals surface area contributed by atoms with E-state index in [1.165, 1.54) is 24.3 Å². The second-order valence-corrected chi connectivity index (χ2v) is 4.11. The van der Waals surface area contributed by atoms with Crippen molar-refractivity contribution in [2.24, 2.45) is 0 Å². The summed E-state index contributed by atoms with van der Waals surface area (Å²) in [7, 11) is 0. The molecule has 0 fully saturated rings. The number of carbonyl (C=O) groups excluding carboxylic acids is 2. The highest BCUT2D eigenvalue weighted by molar-refractivity contribution is 6.01. The molecule has 1 aromatic carbocycles. The lowest BCUT2D eigenvalue weighted by Crippen LogP contribution is -2.40. The number of carbonyl (C=O) groups is 2. The Labute approximate surface area is 121 Å². The Morgan fingerprint density at radius 2 is 2.00 bits per heavy atom. The topological polar surface area (TPSA) is 116 Å². The van der Waals surface area contributed by atoms with Gasteiger partial charge in [-0.1, -0.05) is 6.92 Å². The second kappa shape index (κ2) is 7.59. The van der Waals surface area contributed by atoms with Gasteiger partial charge in [0.25, 0.3) is 5.69 Å². The quantitative estimate of drug-likeness (QED) is 0.659. The molecule has 0 aliphatic carbocycles. The van der Waals surface area contributed by atoms with E-state index in [4.69, 9.17) is 5.26 Å². The Kier molecular flexibility index (Phi) is 5.82. The van der Waals surface area contributed by atoms with Crippen LogP contribution in [0.3, 0.4) is 0 Å². The minimum Gasteiger partial charge on any atom is -0.307 e. The van der Waals surface area contributed by atoms with Crippen molar-refractivity contribution < 1.29 is 14.5 Å². The van der Waals surface area contributed by atoms with Crippen LogP contribution in [-0.2, 0) is 4.79 Å². The summed E-state index contributed by atoms with van der Waals surface area (Å²) in [5.41, 5.74) is 0.232. The van der Waals surface area contributed by atoms with Gasteiger partial charge in [-0.3, -0.25) is 19.8 Å². The molecule has 1 rings (SSSR count). The molecule has 1 N–H and O–H groups in total. The van der Waals surface area contributed by atoms with Crippen LogP contribution < -0.4 is 5.32 Å². The van der Waals surface area contributed by atoms with E-state index in [-0.39, 0.29) is 18.7 Å². The molecule has 0 radical (unpaired) electrons. The summed E-state index contributed by atoms with van der Waals surface area (Å²) in [6.45, 7) is 1.99. The molecule has 0 saturated carbocycles. The van der Waals surface area contributed by atoms with Crippen molar-refractivity contribution in [1.29, 1.82) is 5.26 Å². The number of non-ortho nitro benzene ring substituents is 1. The summed E-state index contributed by atoms with van der Waals surface area (Å²) >= 11 is 0. The SMILES string of the molecule is CCCN(C(=O)CC#N)C(=O)Nc1ccc([N+](=O)[O-])cc1. The smallest absolute Gasteiger partial charge is 0.307 e. The summed E-state index contributed by atoms with van der Waals surface area (Å²) in [6, 6.07) is 6.27. The first kappa shape index (κ1) is 16.1. The summed E-state index contributed by atoms with van der Waals surface area (Å²) in [4.78, 5) is 34.6. The monoisotopic (exact) mass is 290 g/mol. The van der Waals surface area contributed by atoms with Crippen molar-refractivity contribution in [3.8, 4) is 6.07 Å². The highest BCUT2D eigenvalue weighted by Crippen LogP contribution is 2.16. The number of imide groups is 1. The fourth-order valence-corrected chi connectivity index (χ4v) is 1.58. The summed E-state index contributed by atoms with van der Waals surface area (Å²) in [5.74, 6) is -0.584. The van der Waals surface area contributed by atoms with Crippen LogP contribution in [0.4, 0.5) is 16.2 Å². The van der Waals surface area contributed by atoms with Crippen molar-refractivity contribution in [2.75, 3.05) is 11.9 Å². The van der Waals surface area contributed by atoms with Gasteiger partial charge in [-0.25, -0.2) is 4.79 Å². The first-order valence-electron chi connectivity index (χ1n) is 6.22. The lowest BCUT2D eigenvalue weighted by molar-refractivity contribution is -0.384. The first-order valence-corrected chi connectivity index (χ1v) is 6.22. The van der Waals surface area contributed by atoms with Gasteiger partial charge in [0.1, 0.15) is 6.42 Å². The molecule has 0 heterocycles. The van der Waals surface area contributed by atoms with E-state index >= 15 is 0 Å². The molecule has 8 nitrogen and oxygen atoms in total. The van der Waals surface area contributed by atoms with Crippen LogP contribution in [0, 0.1) is 21.4 Å². The largest absolute Gasteiger partial charge is 0.328 e. The highest BCUT2D eigenvalue weighted by Gasteiger charge is 2.20. The van der Waals surface area contributed by atoms with Crippen molar-refractivity contribution in [1.82, 2.24) is 4.90 Å². The lowest BCUT2D eigenvalue weighted by Gasteiger charge is -2.19. The molecular formula is C13H14N4O4. The Bertz CT molecular complexity index is 577. The van der Waals surface area contributed by atoms with E-state index < -0.39 is 16.9 Å².